The molecule has 102 valence electrons. The fourth-order valence-corrected chi connectivity index (χ4v) is 3.19. The fraction of sp³-hybridized carbons (Fsp3) is 0.500. The van der Waals surface area contributed by atoms with Gasteiger partial charge in [-0.05, 0) is 41.3 Å². The van der Waals surface area contributed by atoms with E-state index in [0.717, 1.165) is 29.2 Å². The Morgan fingerprint density at radius 2 is 2.26 bits per heavy atom. The molecule has 0 amide bonds. The Labute approximate surface area is 125 Å². The number of fused-ring (bicyclic) bond motifs is 1. The average molecular weight is 346 g/mol. The van der Waals surface area contributed by atoms with E-state index in [0.29, 0.717) is 16.4 Å². The van der Waals surface area contributed by atoms with Crippen molar-refractivity contribution in [3.05, 3.63) is 28.2 Å². The summed E-state index contributed by atoms with van der Waals surface area (Å²) >= 11 is 9.19. The molecule has 1 aliphatic carbocycles. The number of hydrogen-bond acceptors (Lipinski definition) is 1. The quantitative estimate of drug-likeness (QED) is 0.710. The number of alkyl halides is 1. The van der Waals surface area contributed by atoms with Crippen molar-refractivity contribution in [2.75, 3.05) is 0 Å². The first-order valence-corrected chi connectivity index (χ1v) is 7.84. The third-order valence-corrected chi connectivity index (χ3v) is 4.58. The monoisotopic (exact) mass is 344 g/mol. The van der Waals surface area contributed by atoms with Crippen LogP contribution in [0.4, 0.5) is 4.39 Å². The van der Waals surface area contributed by atoms with Crippen molar-refractivity contribution >= 4 is 38.6 Å². The maximum absolute atomic E-state index is 13.8. The summed E-state index contributed by atoms with van der Waals surface area (Å²) in [5, 5.41) is 0. The fourth-order valence-electron chi connectivity index (χ4n) is 2.67. The first-order chi connectivity index (χ1) is 9.10. The van der Waals surface area contributed by atoms with Gasteiger partial charge >= 0.3 is 0 Å². The van der Waals surface area contributed by atoms with Gasteiger partial charge in [0, 0.05) is 12.1 Å². The van der Waals surface area contributed by atoms with Crippen LogP contribution in [0.15, 0.2) is 16.6 Å². The number of halogens is 3. The molecule has 1 heterocycles. The second-order valence-electron chi connectivity index (χ2n) is 5.31. The van der Waals surface area contributed by atoms with Gasteiger partial charge in [-0.15, -0.1) is 11.6 Å². The smallest absolute Gasteiger partial charge is 0.139 e. The highest BCUT2D eigenvalue weighted by Gasteiger charge is 2.26. The molecule has 1 atom stereocenters. The molecule has 0 bridgehead atoms. The lowest BCUT2D eigenvalue weighted by Crippen LogP contribution is -2.09. The summed E-state index contributed by atoms with van der Waals surface area (Å²) in [4.78, 5) is 4.52. The molecule has 1 unspecified atom stereocenters. The molecule has 3 rings (SSSR count). The van der Waals surface area contributed by atoms with Crippen LogP contribution < -0.4 is 0 Å². The van der Waals surface area contributed by atoms with E-state index in [1.807, 2.05) is 0 Å². The van der Waals surface area contributed by atoms with Gasteiger partial charge in [-0.1, -0.05) is 12.8 Å². The number of benzene rings is 1. The Morgan fingerprint density at radius 1 is 1.53 bits per heavy atom. The van der Waals surface area contributed by atoms with Crippen LogP contribution in [0.25, 0.3) is 11.0 Å². The Morgan fingerprint density at radius 3 is 2.89 bits per heavy atom. The number of hydrogen-bond donors (Lipinski definition) is 0. The van der Waals surface area contributed by atoms with Crippen LogP contribution in [0.1, 0.15) is 38.1 Å². The number of aromatic nitrogens is 2. The molecule has 0 N–H and O–H groups in total. The molecule has 5 heteroatoms. The van der Waals surface area contributed by atoms with Crippen molar-refractivity contribution in [3.8, 4) is 0 Å². The zero-order chi connectivity index (χ0) is 13.6. The van der Waals surface area contributed by atoms with E-state index < -0.39 is 0 Å². The van der Waals surface area contributed by atoms with E-state index in [4.69, 9.17) is 11.6 Å². The molecule has 1 aromatic carbocycles. The van der Waals surface area contributed by atoms with Gasteiger partial charge in [0.05, 0.1) is 21.4 Å². The van der Waals surface area contributed by atoms with Crippen molar-refractivity contribution in [2.24, 2.45) is 5.92 Å². The second kappa shape index (κ2) is 5.06. The van der Waals surface area contributed by atoms with Crippen LogP contribution in [0.3, 0.4) is 0 Å². The summed E-state index contributed by atoms with van der Waals surface area (Å²) in [7, 11) is 0. The molecular formula is C14H15BrClFN2. The molecule has 1 fully saturated rings. The Kier molecular flexibility index (Phi) is 3.56. The van der Waals surface area contributed by atoms with Gasteiger partial charge in [-0.2, -0.15) is 0 Å². The molecule has 0 spiro atoms. The summed E-state index contributed by atoms with van der Waals surface area (Å²) in [6, 6.07) is 3.58. The number of nitrogens with zero attached hydrogens (tertiary/aromatic N) is 2. The lowest BCUT2D eigenvalue weighted by Gasteiger charge is -2.16. The van der Waals surface area contributed by atoms with Gasteiger partial charge in [0.15, 0.2) is 0 Å². The summed E-state index contributed by atoms with van der Waals surface area (Å²) < 4.78 is 16.3. The molecule has 0 radical (unpaired) electrons. The summed E-state index contributed by atoms with van der Waals surface area (Å²) in [5.41, 5.74) is 1.64. The third kappa shape index (κ3) is 2.52. The molecule has 19 heavy (non-hydrogen) atoms. The van der Waals surface area contributed by atoms with Gasteiger partial charge in [-0.3, -0.25) is 0 Å². The van der Waals surface area contributed by atoms with Crippen LogP contribution in [-0.2, 0) is 5.88 Å². The molecule has 2 aromatic rings. The average Bonchev–Trinajstić information content (AvgIpc) is 3.10. The van der Waals surface area contributed by atoms with Gasteiger partial charge in [-0.25, -0.2) is 9.37 Å². The Balaban J connectivity index is 2.10. The zero-order valence-electron chi connectivity index (χ0n) is 10.7. The zero-order valence-corrected chi connectivity index (χ0v) is 13.0. The van der Waals surface area contributed by atoms with Crippen molar-refractivity contribution in [3.63, 3.8) is 0 Å². The van der Waals surface area contributed by atoms with E-state index in [9.17, 15) is 4.39 Å². The lowest BCUT2D eigenvalue weighted by atomic mass is 10.1. The predicted molar refractivity (Wildman–Crippen MR) is 79.0 cm³/mol. The minimum Gasteiger partial charge on any atom is -0.324 e. The van der Waals surface area contributed by atoms with Crippen LogP contribution in [0.5, 0.6) is 0 Å². The van der Waals surface area contributed by atoms with Crippen LogP contribution >= 0.6 is 27.5 Å². The Hall–Kier alpha value is -0.610. The van der Waals surface area contributed by atoms with E-state index in [1.165, 1.54) is 12.8 Å². The standard InChI is InChI=1S/C14H15BrClFN2/c1-8(4-9-2-3-9)19-13-6-11(17)10(15)5-12(13)18-14(19)7-16/h5-6,8-9H,2-4,7H2,1H3. The summed E-state index contributed by atoms with van der Waals surface area (Å²) in [6.45, 7) is 2.16. The number of rotatable bonds is 4. The topological polar surface area (TPSA) is 17.8 Å². The van der Waals surface area contributed by atoms with Gasteiger partial charge in [0.1, 0.15) is 11.6 Å². The van der Waals surface area contributed by atoms with E-state index in [1.54, 1.807) is 12.1 Å². The van der Waals surface area contributed by atoms with Gasteiger partial charge in [0.25, 0.3) is 0 Å². The van der Waals surface area contributed by atoms with Gasteiger partial charge < -0.3 is 4.57 Å². The molecule has 1 aliphatic rings. The van der Waals surface area contributed by atoms with Crippen LogP contribution in [0, 0.1) is 11.7 Å². The minimum absolute atomic E-state index is 0.256. The summed E-state index contributed by atoms with van der Waals surface area (Å²) in [5.74, 6) is 1.73. The highest BCUT2D eigenvalue weighted by atomic mass is 79.9. The maximum atomic E-state index is 13.8. The van der Waals surface area contributed by atoms with E-state index in [-0.39, 0.29) is 5.82 Å². The first-order valence-electron chi connectivity index (χ1n) is 6.52. The molecule has 0 saturated heterocycles. The van der Waals surface area contributed by atoms with E-state index >= 15 is 0 Å². The molecule has 2 nitrogen and oxygen atoms in total. The Bertz CT molecular complexity index is 621. The number of imidazole rings is 1. The first kappa shape index (κ1) is 13.4. The van der Waals surface area contributed by atoms with Gasteiger partial charge in [0.2, 0.25) is 0 Å². The van der Waals surface area contributed by atoms with Crippen LogP contribution in [0.2, 0.25) is 0 Å². The summed E-state index contributed by atoms with van der Waals surface area (Å²) in [6.07, 6.45) is 3.74. The normalized spacial score (nSPS) is 17.1. The molecule has 1 saturated carbocycles. The van der Waals surface area contributed by atoms with Crippen LogP contribution in [-0.4, -0.2) is 9.55 Å². The van der Waals surface area contributed by atoms with Crippen molar-refractivity contribution < 1.29 is 4.39 Å². The van der Waals surface area contributed by atoms with Crippen molar-refractivity contribution in [2.45, 2.75) is 38.1 Å². The SMILES string of the molecule is CC(CC1CC1)n1c(CCl)nc2cc(Br)c(F)cc21. The van der Waals surface area contributed by atoms with E-state index in [2.05, 4.69) is 32.4 Å². The highest BCUT2D eigenvalue weighted by molar-refractivity contribution is 9.10. The minimum atomic E-state index is -0.256. The maximum Gasteiger partial charge on any atom is 0.139 e. The van der Waals surface area contributed by atoms with Crippen molar-refractivity contribution in [1.29, 1.82) is 0 Å². The highest BCUT2D eigenvalue weighted by Crippen LogP contribution is 2.38. The molecule has 1 aromatic heterocycles. The lowest BCUT2D eigenvalue weighted by molar-refractivity contribution is 0.476. The largest absolute Gasteiger partial charge is 0.324 e. The predicted octanol–water partition coefficient (Wildman–Crippen LogP) is 5.04. The second-order valence-corrected chi connectivity index (χ2v) is 6.44. The van der Waals surface area contributed by atoms with Crippen molar-refractivity contribution in [1.82, 2.24) is 9.55 Å². The molecular weight excluding hydrogens is 331 g/mol. The third-order valence-electron chi connectivity index (χ3n) is 3.74. The molecule has 0 aliphatic heterocycles.